The van der Waals surface area contributed by atoms with E-state index < -0.39 is 20.2 Å². The Morgan fingerprint density at radius 1 is 1.64 bits per heavy atom. The van der Waals surface area contributed by atoms with Gasteiger partial charge in [0.25, 0.3) is 0 Å². The summed E-state index contributed by atoms with van der Waals surface area (Å²) < 4.78 is 13.6. The Kier molecular flexibility index (Phi) is 3.38. The van der Waals surface area contributed by atoms with Gasteiger partial charge in [-0.1, -0.05) is 0 Å². The monoisotopic (exact) mass is 220 g/mol. The van der Waals surface area contributed by atoms with E-state index in [1.54, 1.807) is 0 Å². The minimum Gasteiger partial charge on any atom is -0.480 e. The van der Waals surface area contributed by atoms with Crippen molar-refractivity contribution in [2.45, 2.75) is 18.9 Å². The van der Waals surface area contributed by atoms with Gasteiger partial charge in [0.15, 0.2) is 0 Å². The zero-order valence-corrected chi connectivity index (χ0v) is 8.22. The van der Waals surface area contributed by atoms with E-state index in [2.05, 4.69) is 4.76 Å². The van der Waals surface area contributed by atoms with Crippen LogP contribution in [0, 0.1) is 0 Å². The Bertz CT molecular complexity index is 293. The molecule has 7 nitrogen and oxygen atoms in total. The van der Waals surface area contributed by atoms with Crippen molar-refractivity contribution >= 4 is 20.1 Å². The van der Waals surface area contributed by atoms with Gasteiger partial charge < -0.3 is 15.7 Å². The van der Waals surface area contributed by atoms with Gasteiger partial charge in [0, 0.05) is 15.9 Å². The first kappa shape index (κ1) is 10.9. The number of carboxylic acid groups (broad SMARTS) is 1. The highest BCUT2D eigenvalue weighted by Gasteiger charge is 2.33. The van der Waals surface area contributed by atoms with Gasteiger partial charge >= 0.3 is 14.1 Å². The summed E-state index contributed by atoms with van der Waals surface area (Å²) in [6, 6.07) is -0.728. The fraction of sp³-hybridized carbons (Fsp3) is 0.667. The maximum absolute atomic E-state index is 10.7. The van der Waals surface area contributed by atoms with E-state index in [4.69, 9.17) is 15.7 Å². The molecule has 0 aromatic carbocycles. The highest BCUT2D eigenvalue weighted by atomic mass is 31.1. The van der Waals surface area contributed by atoms with Gasteiger partial charge in [0.1, 0.15) is 6.04 Å². The number of hydrogen-bond donors (Lipinski definition) is 3. The molecule has 0 aromatic rings. The minimum atomic E-state index is -2.72. The van der Waals surface area contributed by atoms with Crippen LogP contribution in [-0.4, -0.2) is 39.4 Å². The van der Waals surface area contributed by atoms with Crippen molar-refractivity contribution in [1.29, 1.82) is 0 Å². The second-order valence-corrected chi connectivity index (χ2v) is 3.61. The lowest BCUT2D eigenvalue weighted by Crippen LogP contribution is -2.44. The van der Waals surface area contributed by atoms with Crippen molar-refractivity contribution in [3.05, 3.63) is 0 Å². The third-order valence-electron chi connectivity index (χ3n) is 2.02. The number of nitrogens with zero attached hydrogens (tertiary/aromatic N) is 2. The largest absolute Gasteiger partial charge is 0.670 e. The smallest absolute Gasteiger partial charge is 0.480 e. The van der Waals surface area contributed by atoms with Crippen molar-refractivity contribution in [3.8, 4) is 0 Å². The van der Waals surface area contributed by atoms with Crippen molar-refractivity contribution in [2.24, 2.45) is 10.5 Å². The van der Waals surface area contributed by atoms with E-state index in [1.165, 1.54) is 4.90 Å². The molecule has 8 heteroatoms. The molecule has 0 radical (unpaired) electrons. The fourth-order valence-electron chi connectivity index (χ4n) is 1.44. The standard InChI is InChI=1S/C6H10N3O4P/c7-6(8-14(12)13)9-3-1-2-4(9)5(10)11/h4H,1-3H2,(H3-,7,8,10,11,12,13)/p+1. The molecule has 0 saturated carbocycles. The summed E-state index contributed by atoms with van der Waals surface area (Å²) in [5, 5.41) is 8.78. The van der Waals surface area contributed by atoms with Gasteiger partial charge in [-0.25, -0.2) is 4.79 Å². The maximum Gasteiger partial charge on any atom is 0.670 e. The Labute approximate surface area is 81.2 Å². The topological polar surface area (TPSA) is 116 Å². The number of nitrogens with two attached hydrogens (primary N) is 1. The van der Waals surface area contributed by atoms with E-state index in [9.17, 15) is 9.36 Å². The van der Waals surface area contributed by atoms with Crippen LogP contribution in [0.5, 0.6) is 0 Å². The SMILES string of the molecule is NC(=N[P+](=O)O)N1CCCC1C(=O)O. The Morgan fingerprint density at radius 3 is 2.79 bits per heavy atom. The highest BCUT2D eigenvalue weighted by molar-refractivity contribution is 7.36. The van der Waals surface area contributed by atoms with E-state index >= 15 is 0 Å². The quantitative estimate of drug-likeness (QED) is 0.328. The molecule has 1 heterocycles. The summed E-state index contributed by atoms with van der Waals surface area (Å²) in [5.41, 5.74) is 5.38. The normalized spacial score (nSPS) is 23.8. The van der Waals surface area contributed by atoms with Gasteiger partial charge in [0.2, 0.25) is 5.96 Å². The maximum atomic E-state index is 10.7. The third-order valence-corrected chi connectivity index (χ3v) is 2.40. The van der Waals surface area contributed by atoms with Crippen molar-refractivity contribution in [3.63, 3.8) is 0 Å². The van der Waals surface area contributed by atoms with Gasteiger partial charge in [-0.15, -0.1) is 4.89 Å². The van der Waals surface area contributed by atoms with Crippen LogP contribution >= 0.6 is 8.18 Å². The van der Waals surface area contributed by atoms with E-state index in [-0.39, 0.29) is 5.96 Å². The molecule has 78 valence electrons. The number of carboxylic acids is 1. The Balaban J connectivity index is 2.76. The zero-order chi connectivity index (χ0) is 10.7. The molecule has 1 saturated heterocycles. The van der Waals surface area contributed by atoms with Crippen LogP contribution in [0.25, 0.3) is 0 Å². The van der Waals surface area contributed by atoms with E-state index in [1.807, 2.05) is 0 Å². The number of guanidine groups is 1. The van der Waals surface area contributed by atoms with Gasteiger partial charge in [-0.05, 0) is 12.8 Å². The predicted octanol–water partition coefficient (Wildman–Crippen LogP) is -0.500. The molecule has 0 amide bonds. The summed E-state index contributed by atoms with van der Waals surface area (Å²) in [6.07, 6.45) is 1.17. The summed E-state index contributed by atoms with van der Waals surface area (Å²) >= 11 is 0. The molecule has 2 atom stereocenters. The fourth-order valence-corrected chi connectivity index (χ4v) is 1.73. The lowest BCUT2D eigenvalue weighted by atomic mass is 10.2. The van der Waals surface area contributed by atoms with E-state index in [0.29, 0.717) is 19.4 Å². The molecular formula is C6H11N3O4P+. The molecule has 0 aliphatic carbocycles. The number of rotatable bonds is 2. The first-order valence-corrected chi connectivity index (χ1v) is 5.18. The average molecular weight is 220 g/mol. The van der Waals surface area contributed by atoms with Crippen LogP contribution in [-0.2, 0) is 9.36 Å². The molecule has 1 rings (SSSR count). The van der Waals surface area contributed by atoms with Crippen LogP contribution in [0.2, 0.25) is 0 Å². The molecular weight excluding hydrogens is 209 g/mol. The molecule has 1 aliphatic heterocycles. The van der Waals surface area contributed by atoms with Crippen LogP contribution in [0.1, 0.15) is 12.8 Å². The first-order valence-electron chi connectivity index (χ1n) is 4.02. The third kappa shape index (κ3) is 2.40. The van der Waals surface area contributed by atoms with Crippen molar-refractivity contribution < 1.29 is 19.4 Å². The summed E-state index contributed by atoms with van der Waals surface area (Å²) in [7, 11) is -2.72. The second kappa shape index (κ2) is 4.34. The van der Waals surface area contributed by atoms with E-state index in [0.717, 1.165) is 0 Å². The molecule has 1 fully saturated rings. The summed E-state index contributed by atoms with van der Waals surface area (Å²) in [4.78, 5) is 20.5. The molecule has 4 N–H and O–H groups in total. The van der Waals surface area contributed by atoms with Crippen LogP contribution < -0.4 is 5.73 Å². The number of likely N-dealkylation sites (tertiary alicyclic amines) is 1. The molecule has 0 spiro atoms. The summed E-state index contributed by atoms with van der Waals surface area (Å²) in [6.45, 7) is 0.454. The Hall–Kier alpha value is -1.20. The van der Waals surface area contributed by atoms with Gasteiger partial charge in [0.05, 0.1) is 0 Å². The van der Waals surface area contributed by atoms with Crippen molar-refractivity contribution in [1.82, 2.24) is 4.90 Å². The average Bonchev–Trinajstić information content (AvgIpc) is 2.49. The van der Waals surface area contributed by atoms with Gasteiger partial charge in [-0.3, -0.25) is 0 Å². The number of carbonyl (C=O) groups is 1. The molecule has 1 aliphatic rings. The lowest BCUT2D eigenvalue weighted by molar-refractivity contribution is -0.140. The zero-order valence-electron chi connectivity index (χ0n) is 7.33. The number of aliphatic carboxylic acids is 1. The van der Waals surface area contributed by atoms with Crippen LogP contribution in [0.3, 0.4) is 0 Å². The molecule has 0 aromatic heterocycles. The van der Waals surface area contributed by atoms with Crippen LogP contribution in [0.4, 0.5) is 0 Å². The second-order valence-electron chi connectivity index (χ2n) is 2.90. The lowest BCUT2D eigenvalue weighted by Gasteiger charge is -2.19. The molecule has 0 bridgehead atoms. The predicted molar refractivity (Wildman–Crippen MR) is 48.8 cm³/mol. The Morgan fingerprint density at radius 2 is 2.29 bits per heavy atom. The molecule has 2 unspecified atom stereocenters. The summed E-state index contributed by atoms with van der Waals surface area (Å²) in [5.74, 6) is -1.17. The van der Waals surface area contributed by atoms with Crippen LogP contribution in [0.15, 0.2) is 4.76 Å². The number of hydrogen-bond acceptors (Lipinski definition) is 2. The molecule has 14 heavy (non-hydrogen) atoms. The highest BCUT2D eigenvalue weighted by Crippen LogP contribution is 2.20. The van der Waals surface area contributed by atoms with Gasteiger partial charge in [-0.2, -0.15) is 0 Å². The van der Waals surface area contributed by atoms with Crippen molar-refractivity contribution in [2.75, 3.05) is 6.54 Å². The first-order chi connectivity index (χ1) is 6.52. The minimum absolute atomic E-state index is 0.182.